The van der Waals surface area contributed by atoms with E-state index in [-0.39, 0.29) is 12.6 Å². The van der Waals surface area contributed by atoms with Gasteiger partial charge < -0.3 is 15.4 Å². The Hall–Kier alpha value is -0.870. The Kier molecular flexibility index (Phi) is 2.69. The lowest BCUT2D eigenvalue weighted by atomic mass is 9.89. The third kappa shape index (κ3) is 1.66. The summed E-state index contributed by atoms with van der Waals surface area (Å²) in [4.78, 5) is 7.66. The molecule has 1 aliphatic carbocycles. The molecule has 4 heteroatoms. The monoisotopic (exact) mass is 221 g/mol. The quantitative estimate of drug-likeness (QED) is 0.702. The molecule has 2 atom stereocenters. The largest absolute Gasteiger partial charge is 0.395 e. The number of aliphatic hydroxyl groups excluding tert-OH is 1. The maximum absolute atomic E-state index is 9.32. The highest BCUT2D eigenvalue weighted by Crippen LogP contribution is 2.38. The summed E-state index contributed by atoms with van der Waals surface area (Å²) in [5, 5.41) is 12.9. The Morgan fingerprint density at radius 3 is 2.94 bits per heavy atom. The number of hydrogen-bond donors (Lipinski definition) is 3. The van der Waals surface area contributed by atoms with Crippen molar-refractivity contribution >= 4 is 0 Å². The smallest absolute Gasteiger partial charge is 0.0925 e. The molecule has 2 aliphatic rings. The maximum Gasteiger partial charge on any atom is 0.0925 e. The summed E-state index contributed by atoms with van der Waals surface area (Å²) in [6.45, 7) is 0.210. The molecule has 0 saturated heterocycles. The number of H-pyrrole nitrogens is 1. The molecule has 88 valence electrons. The van der Waals surface area contributed by atoms with E-state index in [1.807, 2.05) is 0 Å². The van der Waals surface area contributed by atoms with Gasteiger partial charge in [-0.1, -0.05) is 12.8 Å². The number of nitrogens with one attached hydrogen (secondary N) is 2. The standard InChI is InChI=1S/C12H19N3O/c16-6-9-5-10-12(14-7-13-10)11(15-9)8-3-1-2-4-8/h7-9,11,15-16H,1-6H2,(H,13,14). The van der Waals surface area contributed by atoms with E-state index in [0.717, 1.165) is 6.42 Å². The molecule has 2 unspecified atom stereocenters. The van der Waals surface area contributed by atoms with E-state index in [1.54, 1.807) is 6.33 Å². The second kappa shape index (κ2) is 4.18. The van der Waals surface area contributed by atoms with Crippen LogP contribution >= 0.6 is 0 Å². The Bertz CT molecular complexity index is 357. The van der Waals surface area contributed by atoms with Gasteiger partial charge in [0.1, 0.15) is 0 Å². The van der Waals surface area contributed by atoms with E-state index in [4.69, 9.17) is 0 Å². The van der Waals surface area contributed by atoms with Crippen LogP contribution in [0.15, 0.2) is 6.33 Å². The Labute approximate surface area is 95.5 Å². The number of aromatic amines is 1. The summed E-state index contributed by atoms with van der Waals surface area (Å²) >= 11 is 0. The van der Waals surface area contributed by atoms with Crippen molar-refractivity contribution < 1.29 is 5.11 Å². The maximum atomic E-state index is 9.32. The predicted molar refractivity (Wildman–Crippen MR) is 61.0 cm³/mol. The van der Waals surface area contributed by atoms with Crippen molar-refractivity contribution in [2.45, 2.75) is 44.2 Å². The molecule has 0 aromatic carbocycles. The highest BCUT2D eigenvalue weighted by molar-refractivity contribution is 5.22. The average molecular weight is 221 g/mol. The molecule has 0 amide bonds. The zero-order valence-corrected chi connectivity index (χ0v) is 9.45. The summed E-state index contributed by atoms with van der Waals surface area (Å²) < 4.78 is 0. The van der Waals surface area contributed by atoms with Gasteiger partial charge in [-0.25, -0.2) is 4.98 Å². The van der Waals surface area contributed by atoms with E-state index in [9.17, 15) is 5.11 Å². The van der Waals surface area contributed by atoms with Crippen molar-refractivity contribution in [2.75, 3.05) is 6.61 Å². The number of aliphatic hydroxyl groups is 1. The van der Waals surface area contributed by atoms with Crippen LogP contribution in [0.1, 0.15) is 43.1 Å². The molecule has 3 rings (SSSR count). The molecule has 1 fully saturated rings. The van der Waals surface area contributed by atoms with Crippen molar-refractivity contribution in [3.63, 3.8) is 0 Å². The molecule has 0 spiro atoms. The van der Waals surface area contributed by atoms with Gasteiger partial charge in [0.2, 0.25) is 0 Å². The van der Waals surface area contributed by atoms with Crippen molar-refractivity contribution in [1.82, 2.24) is 15.3 Å². The van der Waals surface area contributed by atoms with Crippen molar-refractivity contribution in [2.24, 2.45) is 5.92 Å². The van der Waals surface area contributed by atoms with Gasteiger partial charge in [-0.05, 0) is 18.8 Å². The fraction of sp³-hybridized carbons (Fsp3) is 0.750. The molecule has 1 aromatic heterocycles. The summed E-state index contributed by atoms with van der Waals surface area (Å²) in [5.74, 6) is 0.705. The minimum Gasteiger partial charge on any atom is -0.395 e. The highest BCUT2D eigenvalue weighted by Gasteiger charge is 2.34. The van der Waals surface area contributed by atoms with Gasteiger partial charge >= 0.3 is 0 Å². The molecule has 0 bridgehead atoms. The number of fused-ring (bicyclic) bond motifs is 1. The lowest BCUT2D eigenvalue weighted by Crippen LogP contribution is -2.44. The number of rotatable bonds is 2. The van der Waals surface area contributed by atoms with Crippen molar-refractivity contribution in [3.8, 4) is 0 Å². The third-order valence-corrected chi connectivity index (χ3v) is 4.00. The van der Waals surface area contributed by atoms with Crippen LogP contribution in [0.2, 0.25) is 0 Å². The molecule has 1 aromatic rings. The lowest BCUT2D eigenvalue weighted by Gasteiger charge is -2.33. The van der Waals surface area contributed by atoms with E-state index >= 15 is 0 Å². The Balaban J connectivity index is 1.87. The fourth-order valence-electron chi connectivity index (χ4n) is 3.17. The van der Waals surface area contributed by atoms with Crippen LogP contribution in [-0.4, -0.2) is 27.7 Å². The van der Waals surface area contributed by atoms with Gasteiger partial charge in [0.25, 0.3) is 0 Å². The van der Waals surface area contributed by atoms with Crippen LogP contribution in [-0.2, 0) is 6.42 Å². The van der Waals surface area contributed by atoms with Gasteiger partial charge in [-0.3, -0.25) is 0 Å². The fourth-order valence-corrected chi connectivity index (χ4v) is 3.17. The van der Waals surface area contributed by atoms with E-state index in [0.29, 0.717) is 12.0 Å². The first kappa shape index (κ1) is 10.3. The second-order valence-corrected chi connectivity index (χ2v) is 5.04. The van der Waals surface area contributed by atoms with Gasteiger partial charge in [-0.15, -0.1) is 0 Å². The van der Waals surface area contributed by atoms with Crippen LogP contribution in [0.5, 0.6) is 0 Å². The second-order valence-electron chi connectivity index (χ2n) is 5.04. The molecule has 2 heterocycles. The molecular formula is C12H19N3O. The summed E-state index contributed by atoms with van der Waals surface area (Å²) in [6.07, 6.45) is 7.92. The third-order valence-electron chi connectivity index (χ3n) is 4.00. The molecule has 1 aliphatic heterocycles. The minimum atomic E-state index is 0.193. The zero-order valence-electron chi connectivity index (χ0n) is 9.45. The summed E-state index contributed by atoms with van der Waals surface area (Å²) in [7, 11) is 0. The van der Waals surface area contributed by atoms with Gasteiger partial charge in [0.15, 0.2) is 0 Å². The summed E-state index contributed by atoms with van der Waals surface area (Å²) in [6, 6.07) is 0.549. The number of imidazole rings is 1. The normalized spacial score (nSPS) is 30.6. The van der Waals surface area contributed by atoms with E-state index in [1.165, 1.54) is 37.1 Å². The Morgan fingerprint density at radius 2 is 2.19 bits per heavy atom. The minimum absolute atomic E-state index is 0.193. The van der Waals surface area contributed by atoms with Gasteiger partial charge in [0.05, 0.1) is 24.7 Å². The molecule has 16 heavy (non-hydrogen) atoms. The first-order chi connectivity index (χ1) is 7.88. The molecular weight excluding hydrogens is 202 g/mol. The number of aromatic nitrogens is 2. The summed E-state index contributed by atoms with van der Waals surface area (Å²) in [5.41, 5.74) is 2.41. The zero-order chi connectivity index (χ0) is 11.0. The van der Waals surface area contributed by atoms with Gasteiger partial charge in [-0.2, -0.15) is 0 Å². The average Bonchev–Trinajstić information content (AvgIpc) is 2.98. The molecule has 4 nitrogen and oxygen atoms in total. The van der Waals surface area contributed by atoms with Gasteiger partial charge in [0, 0.05) is 18.2 Å². The topological polar surface area (TPSA) is 60.9 Å². The lowest BCUT2D eigenvalue weighted by molar-refractivity contribution is 0.201. The van der Waals surface area contributed by atoms with Crippen LogP contribution < -0.4 is 5.32 Å². The van der Waals surface area contributed by atoms with E-state index in [2.05, 4.69) is 15.3 Å². The van der Waals surface area contributed by atoms with Crippen molar-refractivity contribution in [1.29, 1.82) is 0 Å². The molecule has 3 N–H and O–H groups in total. The molecule has 1 saturated carbocycles. The van der Waals surface area contributed by atoms with Crippen LogP contribution in [0.4, 0.5) is 0 Å². The van der Waals surface area contributed by atoms with Crippen LogP contribution in [0.3, 0.4) is 0 Å². The first-order valence-corrected chi connectivity index (χ1v) is 6.27. The van der Waals surface area contributed by atoms with Crippen molar-refractivity contribution in [3.05, 3.63) is 17.7 Å². The van der Waals surface area contributed by atoms with Crippen LogP contribution in [0, 0.1) is 5.92 Å². The molecule has 0 radical (unpaired) electrons. The SMILES string of the molecule is OCC1Cc2[nH]cnc2C(C2CCCC2)N1. The Morgan fingerprint density at radius 1 is 1.38 bits per heavy atom. The highest BCUT2D eigenvalue weighted by atomic mass is 16.3. The van der Waals surface area contributed by atoms with Crippen LogP contribution in [0.25, 0.3) is 0 Å². The predicted octanol–water partition coefficient (Wildman–Crippen LogP) is 1.15. The number of hydrogen-bond acceptors (Lipinski definition) is 3. The van der Waals surface area contributed by atoms with E-state index < -0.39 is 0 Å². The number of nitrogens with zero attached hydrogens (tertiary/aromatic N) is 1. The first-order valence-electron chi connectivity index (χ1n) is 6.27.